The lowest BCUT2D eigenvalue weighted by Gasteiger charge is -2.05. The first-order valence-corrected chi connectivity index (χ1v) is 4.88. The topological polar surface area (TPSA) is 44.1 Å². The summed E-state index contributed by atoms with van der Waals surface area (Å²) in [5, 5.41) is 4.16. The summed E-state index contributed by atoms with van der Waals surface area (Å²) in [5.74, 6) is 0.154. The predicted octanol–water partition coefficient (Wildman–Crippen LogP) is 0.711. The molecular weight excluding hydrogens is 180 g/mol. The molecule has 2 rings (SSSR count). The van der Waals surface area contributed by atoms with Crippen LogP contribution in [0.5, 0.6) is 0 Å². The van der Waals surface area contributed by atoms with Gasteiger partial charge in [-0.2, -0.15) is 5.10 Å². The number of nitrogens with zero attached hydrogens (tertiary/aromatic N) is 2. The lowest BCUT2D eigenvalue weighted by molar-refractivity contribution is -0.127. The summed E-state index contributed by atoms with van der Waals surface area (Å²) in [7, 11) is 1.85. The summed E-state index contributed by atoms with van der Waals surface area (Å²) < 4.78 is 7.02. The average Bonchev–Trinajstić information content (AvgIpc) is 2.75. The van der Waals surface area contributed by atoms with Gasteiger partial charge in [0.15, 0.2) is 5.78 Å². The molecule has 1 aromatic heterocycles. The first-order valence-electron chi connectivity index (χ1n) is 4.88. The van der Waals surface area contributed by atoms with Crippen molar-refractivity contribution < 1.29 is 9.53 Å². The van der Waals surface area contributed by atoms with E-state index in [2.05, 4.69) is 5.10 Å². The van der Waals surface area contributed by atoms with Gasteiger partial charge in [-0.3, -0.25) is 9.48 Å². The highest BCUT2D eigenvalue weighted by Gasteiger charge is 2.23. The summed E-state index contributed by atoms with van der Waals surface area (Å²) in [6, 6.07) is 1.87. The number of aromatic nitrogens is 2. The molecule has 1 saturated heterocycles. The molecule has 1 aliphatic rings. The quantitative estimate of drug-likeness (QED) is 0.711. The number of carbonyl (C=O) groups is 1. The lowest BCUT2D eigenvalue weighted by Crippen LogP contribution is -2.21. The minimum atomic E-state index is -0.183. The van der Waals surface area contributed by atoms with Crippen molar-refractivity contribution in [2.24, 2.45) is 7.05 Å². The fraction of sp³-hybridized carbons (Fsp3) is 0.600. The van der Waals surface area contributed by atoms with Crippen LogP contribution in [-0.2, 0) is 23.0 Å². The molecule has 2 heterocycles. The molecule has 14 heavy (non-hydrogen) atoms. The van der Waals surface area contributed by atoms with Crippen molar-refractivity contribution in [2.75, 3.05) is 6.61 Å². The molecule has 4 heteroatoms. The molecule has 1 aromatic rings. The van der Waals surface area contributed by atoms with Crippen LogP contribution in [0.25, 0.3) is 0 Å². The fourth-order valence-corrected chi connectivity index (χ4v) is 1.68. The van der Waals surface area contributed by atoms with Crippen LogP contribution in [0.4, 0.5) is 0 Å². The van der Waals surface area contributed by atoms with E-state index in [1.54, 1.807) is 4.68 Å². The predicted molar refractivity (Wildman–Crippen MR) is 50.9 cm³/mol. The van der Waals surface area contributed by atoms with Crippen LogP contribution in [0.3, 0.4) is 0 Å². The molecular formula is C10H14N2O2. The smallest absolute Gasteiger partial charge is 0.167 e. The van der Waals surface area contributed by atoms with Crippen molar-refractivity contribution in [1.29, 1.82) is 0 Å². The number of Topliss-reactive ketones (excluding diaryl/α,β-unsaturated/α-hetero) is 1. The van der Waals surface area contributed by atoms with Crippen LogP contribution >= 0.6 is 0 Å². The van der Waals surface area contributed by atoms with Gasteiger partial charge in [-0.05, 0) is 18.9 Å². The highest BCUT2D eigenvalue weighted by molar-refractivity contribution is 5.85. The molecule has 0 amide bonds. The third-order valence-corrected chi connectivity index (χ3v) is 2.41. The summed E-state index contributed by atoms with van der Waals surface area (Å²) in [6.45, 7) is 0.721. The zero-order chi connectivity index (χ0) is 9.97. The Morgan fingerprint density at radius 1 is 1.79 bits per heavy atom. The molecule has 0 bridgehead atoms. The van der Waals surface area contributed by atoms with Crippen LogP contribution in [0, 0.1) is 0 Å². The van der Waals surface area contributed by atoms with E-state index < -0.39 is 0 Å². The maximum absolute atomic E-state index is 11.6. The summed E-state index contributed by atoms with van der Waals surface area (Å²) in [6.07, 6.45) is 3.92. The molecule has 0 radical (unpaired) electrons. The number of aryl methyl sites for hydroxylation is 1. The Morgan fingerprint density at radius 3 is 3.21 bits per heavy atom. The normalized spacial score (nSPS) is 21.4. The van der Waals surface area contributed by atoms with E-state index in [0.29, 0.717) is 6.42 Å². The number of hydrogen-bond donors (Lipinski definition) is 0. The van der Waals surface area contributed by atoms with E-state index in [9.17, 15) is 4.79 Å². The Morgan fingerprint density at radius 2 is 2.64 bits per heavy atom. The number of carbonyl (C=O) groups excluding carboxylic acids is 1. The van der Waals surface area contributed by atoms with Crippen LogP contribution in [0.1, 0.15) is 18.5 Å². The van der Waals surface area contributed by atoms with Crippen LogP contribution in [-0.4, -0.2) is 28.3 Å². The SMILES string of the molecule is Cn1ccc(CC(=O)C2CCCO2)n1. The van der Waals surface area contributed by atoms with Gasteiger partial charge in [0.2, 0.25) is 0 Å². The average molecular weight is 194 g/mol. The van der Waals surface area contributed by atoms with Gasteiger partial charge >= 0.3 is 0 Å². The largest absolute Gasteiger partial charge is 0.370 e. The molecule has 1 aliphatic heterocycles. The molecule has 0 aliphatic carbocycles. The fourth-order valence-electron chi connectivity index (χ4n) is 1.68. The van der Waals surface area contributed by atoms with Crippen LogP contribution < -0.4 is 0 Å². The number of hydrogen-bond acceptors (Lipinski definition) is 3. The maximum Gasteiger partial charge on any atom is 0.167 e. The molecule has 0 aromatic carbocycles. The van der Waals surface area contributed by atoms with Gasteiger partial charge < -0.3 is 4.74 Å². The second-order valence-corrected chi connectivity index (χ2v) is 3.63. The molecule has 4 nitrogen and oxygen atoms in total. The Balaban J connectivity index is 1.93. The Labute approximate surface area is 82.9 Å². The van der Waals surface area contributed by atoms with Crippen molar-refractivity contribution in [3.63, 3.8) is 0 Å². The van der Waals surface area contributed by atoms with Gasteiger partial charge in [-0.15, -0.1) is 0 Å². The van der Waals surface area contributed by atoms with Crippen LogP contribution in [0.2, 0.25) is 0 Å². The Bertz CT molecular complexity index is 327. The first kappa shape index (κ1) is 9.40. The zero-order valence-corrected chi connectivity index (χ0v) is 8.27. The molecule has 0 spiro atoms. The first-order chi connectivity index (χ1) is 6.75. The molecule has 1 fully saturated rings. The second-order valence-electron chi connectivity index (χ2n) is 3.63. The van der Waals surface area contributed by atoms with E-state index in [1.807, 2.05) is 19.3 Å². The molecule has 76 valence electrons. The van der Waals surface area contributed by atoms with Gasteiger partial charge in [0.25, 0.3) is 0 Å². The van der Waals surface area contributed by atoms with E-state index >= 15 is 0 Å². The van der Waals surface area contributed by atoms with Crippen molar-refractivity contribution in [3.05, 3.63) is 18.0 Å². The minimum absolute atomic E-state index is 0.154. The lowest BCUT2D eigenvalue weighted by atomic mass is 10.1. The summed E-state index contributed by atoms with van der Waals surface area (Å²) in [5.41, 5.74) is 0.827. The Kier molecular flexibility index (Phi) is 2.63. The Hall–Kier alpha value is -1.16. The van der Waals surface area contributed by atoms with E-state index in [4.69, 9.17) is 4.74 Å². The third-order valence-electron chi connectivity index (χ3n) is 2.41. The molecule has 1 unspecified atom stereocenters. The zero-order valence-electron chi connectivity index (χ0n) is 8.27. The van der Waals surface area contributed by atoms with Gasteiger partial charge in [0.05, 0.1) is 12.1 Å². The van der Waals surface area contributed by atoms with Gasteiger partial charge in [-0.1, -0.05) is 0 Å². The standard InChI is InChI=1S/C10H14N2O2/c1-12-5-4-8(11-12)7-9(13)10-3-2-6-14-10/h4-5,10H,2-3,6-7H2,1H3. The molecule has 1 atom stereocenters. The van der Waals surface area contributed by atoms with Gasteiger partial charge in [0.1, 0.15) is 6.10 Å². The third kappa shape index (κ3) is 2.01. The van der Waals surface area contributed by atoms with Gasteiger partial charge in [0, 0.05) is 19.9 Å². The van der Waals surface area contributed by atoms with Gasteiger partial charge in [-0.25, -0.2) is 0 Å². The minimum Gasteiger partial charge on any atom is -0.370 e. The van der Waals surface area contributed by atoms with Crippen molar-refractivity contribution in [1.82, 2.24) is 9.78 Å². The highest BCUT2D eigenvalue weighted by atomic mass is 16.5. The highest BCUT2D eigenvalue weighted by Crippen LogP contribution is 2.14. The van der Waals surface area contributed by atoms with Crippen LogP contribution in [0.15, 0.2) is 12.3 Å². The summed E-state index contributed by atoms with van der Waals surface area (Å²) in [4.78, 5) is 11.6. The summed E-state index contributed by atoms with van der Waals surface area (Å²) >= 11 is 0. The molecule has 0 saturated carbocycles. The number of rotatable bonds is 3. The second kappa shape index (κ2) is 3.92. The van der Waals surface area contributed by atoms with Crippen molar-refractivity contribution in [2.45, 2.75) is 25.4 Å². The maximum atomic E-state index is 11.6. The molecule has 0 N–H and O–H groups in total. The van der Waals surface area contributed by atoms with E-state index in [-0.39, 0.29) is 11.9 Å². The van der Waals surface area contributed by atoms with Crippen molar-refractivity contribution >= 4 is 5.78 Å². The number of ketones is 1. The monoisotopic (exact) mass is 194 g/mol. The van der Waals surface area contributed by atoms with E-state index in [1.165, 1.54) is 0 Å². The van der Waals surface area contributed by atoms with E-state index in [0.717, 1.165) is 25.1 Å². The van der Waals surface area contributed by atoms with Crippen molar-refractivity contribution in [3.8, 4) is 0 Å². The number of ether oxygens (including phenoxy) is 1.